The van der Waals surface area contributed by atoms with Gasteiger partial charge in [0, 0.05) is 16.7 Å². The largest absolute Gasteiger partial charge is 0.496 e. The van der Waals surface area contributed by atoms with Gasteiger partial charge in [0.25, 0.3) is 0 Å². The molecule has 0 aliphatic heterocycles. The zero-order chi connectivity index (χ0) is 14.9. The fourth-order valence-corrected chi connectivity index (χ4v) is 2.56. The van der Waals surface area contributed by atoms with Gasteiger partial charge in [0.15, 0.2) is 0 Å². The fraction of sp³-hybridized carbons (Fsp3) is 0.333. The van der Waals surface area contributed by atoms with Gasteiger partial charge in [-0.1, -0.05) is 33.0 Å². The van der Waals surface area contributed by atoms with Crippen LogP contribution in [0.5, 0.6) is 5.75 Å². The van der Waals surface area contributed by atoms with Crippen molar-refractivity contribution in [1.82, 2.24) is 9.97 Å². The van der Waals surface area contributed by atoms with Crippen LogP contribution in [-0.4, -0.2) is 17.1 Å². The van der Waals surface area contributed by atoms with E-state index >= 15 is 0 Å². The van der Waals surface area contributed by atoms with Crippen LogP contribution in [0.2, 0.25) is 0 Å². The molecule has 0 atom stereocenters. The summed E-state index contributed by atoms with van der Waals surface area (Å²) >= 11 is 8.76. The molecule has 0 saturated heterocycles. The van der Waals surface area contributed by atoms with Crippen LogP contribution in [0.25, 0.3) is 11.4 Å². The minimum Gasteiger partial charge on any atom is -0.496 e. The number of benzene rings is 1. The third kappa shape index (κ3) is 3.27. The molecule has 1 aromatic heterocycles. The molecule has 20 heavy (non-hydrogen) atoms. The number of nitrogens with zero attached hydrogens (tertiary/aromatic N) is 1. The number of nitrogens with one attached hydrogen (secondary N) is 1. The maximum atomic E-state index is 5.27. The van der Waals surface area contributed by atoms with Crippen LogP contribution in [0.1, 0.15) is 26.5 Å². The number of H-pyrrole nitrogens is 1. The molecule has 2 rings (SSSR count). The Balaban J connectivity index is 2.56. The van der Waals surface area contributed by atoms with E-state index in [1.165, 1.54) is 0 Å². The maximum absolute atomic E-state index is 5.27. The normalized spacial score (nSPS) is 11.4. The Morgan fingerprint density at radius 3 is 2.50 bits per heavy atom. The molecule has 1 aromatic carbocycles. The van der Waals surface area contributed by atoms with E-state index in [4.69, 9.17) is 17.0 Å². The second-order valence-electron chi connectivity index (χ2n) is 5.58. The van der Waals surface area contributed by atoms with Crippen molar-refractivity contribution in [2.75, 3.05) is 7.11 Å². The summed E-state index contributed by atoms with van der Waals surface area (Å²) in [6.07, 6.45) is 0. The SMILES string of the molecule is COc1ccc(-c2nc(=S)cc(C(C)(C)C)[nH]2)cc1Br. The number of aromatic nitrogens is 2. The summed E-state index contributed by atoms with van der Waals surface area (Å²) in [6.45, 7) is 6.42. The number of hydrogen-bond acceptors (Lipinski definition) is 3. The molecule has 0 aliphatic rings. The molecular formula is C15H17BrN2OS. The Hall–Kier alpha value is -1.20. The number of aromatic amines is 1. The number of hydrogen-bond donors (Lipinski definition) is 1. The summed E-state index contributed by atoms with van der Waals surface area (Å²) in [5, 5.41) is 0. The molecule has 0 fully saturated rings. The van der Waals surface area contributed by atoms with Gasteiger partial charge in [-0.05, 0) is 40.2 Å². The highest BCUT2D eigenvalue weighted by Crippen LogP contribution is 2.30. The van der Waals surface area contributed by atoms with Crippen LogP contribution >= 0.6 is 28.1 Å². The summed E-state index contributed by atoms with van der Waals surface area (Å²) < 4.78 is 6.72. The first kappa shape index (κ1) is 15.2. The minimum absolute atomic E-state index is 0.00501. The van der Waals surface area contributed by atoms with E-state index < -0.39 is 0 Å². The Morgan fingerprint density at radius 2 is 1.95 bits per heavy atom. The molecule has 1 N–H and O–H groups in total. The van der Waals surface area contributed by atoms with E-state index in [-0.39, 0.29) is 5.41 Å². The van der Waals surface area contributed by atoms with Crippen LogP contribution in [0.15, 0.2) is 28.7 Å². The molecule has 0 amide bonds. The van der Waals surface area contributed by atoms with Crippen LogP contribution < -0.4 is 4.74 Å². The van der Waals surface area contributed by atoms with Crippen molar-refractivity contribution in [3.63, 3.8) is 0 Å². The highest BCUT2D eigenvalue weighted by molar-refractivity contribution is 9.10. The number of halogens is 1. The van der Waals surface area contributed by atoms with Gasteiger partial charge in [0.2, 0.25) is 0 Å². The fourth-order valence-electron chi connectivity index (χ4n) is 1.81. The standard InChI is InChI=1S/C15H17BrN2OS/c1-15(2,3)12-8-13(20)18-14(17-12)9-5-6-11(19-4)10(16)7-9/h5-8H,1-4H3,(H,17,18,20). The lowest BCUT2D eigenvalue weighted by atomic mass is 9.92. The molecule has 3 nitrogen and oxygen atoms in total. The van der Waals surface area contributed by atoms with E-state index in [0.717, 1.165) is 27.3 Å². The van der Waals surface area contributed by atoms with Gasteiger partial charge in [-0.3, -0.25) is 0 Å². The van der Waals surface area contributed by atoms with E-state index in [1.54, 1.807) is 7.11 Å². The highest BCUT2D eigenvalue weighted by atomic mass is 79.9. The molecule has 0 aliphatic carbocycles. The van der Waals surface area contributed by atoms with E-state index in [1.807, 2.05) is 24.3 Å². The average molecular weight is 353 g/mol. The Bertz CT molecular complexity index is 689. The number of rotatable bonds is 2. The molecule has 0 bridgehead atoms. The molecule has 0 saturated carbocycles. The molecule has 1 heterocycles. The van der Waals surface area contributed by atoms with Crippen molar-refractivity contribution >= 4 is 28.1 Å². The quantitative estimate of drug-likeness (QED) is 0.783. The molecule has 2 aromatic rings. The first-order chi connectivity index (χ1) is 9.31. The molecule has 0 unspecified atom stereocenters. The lowest BCUT2D eigenvalue weighted by Gasteiger charge is -2.19. The van der Waals surface area contributed by atoms with Gasteiger partial charge in [0.05, 0.1) is 11.6 Å². The average Bonchev–Trinajstić information content (AvgIpc) is 2.37. The first-order valence-electron chi connectivity index (χ1n) is 6.27. The predicted octanol–water partition coefficient (Wildman–Crippen LogP) is 4.87. The Labute approximate surface area is 132 Å². The lowest BCUT2D eigenvalue weighted by molar-refractivity contribution is 0.412. The zero-order valence-electron chi connectivity index (χ0n) is 12.0. The van der Waals surface area contributed by atoms with Crippen LogP contribution in [0.4, 0.5) is 0 Å². The molecule has 0 radical (unpaired) electrons. The van der Waals surface area contributed by atoms with E-state index in [9.17, 15) is 0 Å². The van der Waals surface area contributed by atoms with Gasteiger partial charge in [-0.15, -0.1) is 0 Å². The third-order valence-electron chi connectivity index (χ3n) is 2.98. The second-order valence-corrected chi connectivity index (χ2v) is 6.85. The summed E-state index contributed by atoms with van der Waals surface area (Å²) in [6, 6.07) is 7.75. The van der Waals surface area contributed by atoms with Crippen molar-refractivity contribution in [3.8, 4) is 17.1 Å². The Morgan fingerprint density at radius 1 is 1.25 bits per heavy atom. The summed E-state index contributed by atoms with van der Waals surface area (Å²) in [5.41, 5.74) is 2.03. The van der Waals surface area contributed by atoms with E-state index in [2.05, 4.69) is 46.7 Å². The molecule has 0 spiro atoms. The second kappa shape index (κ2) is 5.66. The number of methoxy groups -OCH3 is 1. The van der Waals surface area contributed by atoms with Crippen LogP contribution in [-0.2, 0) is 5.41 Å². The van der Waals surface area contributed by atoms with Crippen LogP contribution in [0, 0.1) is 4.64 Å². The Kier molecular flexibility index (Phi) is 4.30. The first-order valence-corrected chi connectivity index (χ1v) is 7.47. The predicted molar refractivity (Wildman–Crippen MR) is 87.8 cm³/mol. The minimum atomic E-state index is -0.00501. The summed E-state index contributed by atoms with van der Waals surface area (Å²) in [4.78, 5) is 7.78. The molecular weight excluding hydrogens is 336 g/mol. The van der Waals surface area contributed by atoms with Crippen molar-refractivity contribution in [3.05, 3.63) is 39.1 Å². The third-order valence-corrected chi connectivity index (χ3v) is 3.80. The van der Waals surface area contributed by atoms with Crippen molar-refractivity contribution < 1.29 is 4.74 Å². The molecule has 106 valence electrons. The monoisotopic (exact) mass is 352 g/mol. The van der Waals surface area contributed by atoms with Gasteiger partial charge in [-0.2, -0.15) is 0 Å². The van der Waals surface area contributed by atoms with Crippen molar-refractivity contribution in [1.29, 1.82) is 0 Å². The lowest BCUT2D eigenvalue weighted by Crippen LogP contribution is -2.14. The molecule has 5 heteroatoms. The summed E-state index contributed by atoms with van der Waals surface area (Å²) in [7, 11) is 1.64. The maximum Gasteiger partial charge on any atom is 0.139 e. The van der Waals surface area contributed by atoms with Gasteiger partial charge >= 0.3 is 0 Å². The van der Waals surface area contributed by atoms with Crippen molar-refractivity contribution in [2.24, 2.45) is 0 Å². The topological polar surface area (TPSA) is 37.9 Å². The zero-order valence-corrected chi connectivity index (χ0v) is 14.4. The smallest absolute Gasteiger partial charge is 0.139 e. The highest BCUT2D eigenvalue weighted by Gasteiger charge is 2.16. The summed E-state index contributed by atoms with van der Waals surface area (Å²) in [5.74, 6) is 1.56. The van der Waals surface area contributed by atoms with Crippen molar-refractivity contribution in [2.45, 2.75) is 26.2 Å². The van der Waals surface area contributed by atoms with E-state index in [0.29, 0.717) is 4.64 Å². The van der Waals surface area contributed by atoms with Gasteiger partial charge < -0.3 is 9.72 Å². The van der Waals surface area contributed by atoms with Gasteiger partial charge in [-0.25, -0.2) is 4.98 Å². The van der Waals surface area contributed by atoms with Gasteiger partial charge in [0.1, 0.15) is 16.2 Å². The van der Waals surface area contributed by atoms with Crippen LogP contribution in [0.3, 0.4) is 0 Å². The number of ether oxygens (including phenoxy) is 1.